The molecule has 3 rings (SSSR count). The second-order valence-corrected chi connectivity index (χ2v) is 5.50. The minimum Gasteiger partial charge on any atom is -0.468 e. The van der Waals surface area contributed by atoms with Crippen molar-refractivity contribution in [3.05, 3.63) is 24.2 Å². The zero-order valence-corrected chi connectivity index (χ0v) is 10.4. The van der Waals surface area contributed by atoms with Gasteiger partial charge in [0.15, 0.2) is 0 Å². The fourth-order valence-corrected chi connectivity index (χ4v) is 3.52. The van der Waals surface area contributed by atoms with Crippen LogP contribution in [-0.4, -0.2) is 16.7 Å². The minimum atomic E-state index is -0.992. The number of terminal acetylenes is 1. The zero-order valence-electron chi connectivity index (χ0n) is 10.4. The van der Waals surface area contributed by atoms with Crippen molar-refractivity contribution in [1.29, 1.82) is 0 Å². The standard InChI is InChI=1S/C15H19NO2/c1-2-15(17)10-13(14-8-5-9-18-14)16-12-7-4-3-6-11(12)15/h1,5,8-9,11-13,16-17H,3-4,6-7,10H2. The Morgan fingerprint density at radius 2 is 2.28 bits per heavy atom. The van der Waals surface area contributed by atoms with Gasteiger partial charge in [-0.1, -0.05) is 18.8 Å². The first kappa shape index (κ1) is 11.8. The number of aliphatic hydroxyl groups is 1. The highest BCUT2D eigenvalue weighted by Crippen LogP contribution is 2.42. The lowest BCUT2D eigenvalue weighted by Gasteiger charge is -2.47. The van der Waals surface area contributed by atoms with Gasteiger partial charge in [0.1, 0.15) is 11.4 Å². The molecule has 2 aliphatic rings. The molecule has 4 unspecified atom stereocenters. The van der Waals surface area contributed by atoms with Crippen LogP contribution in [0.15, 0.2) is 22.8 Å². The quantitative estimate of drug-likeness (QED) is 0.746. The third-order valence-electron chi connectivity index (χ3n) is 4.45. The van der Waals surface area contributed by atoms with Crippen LogP contribution < -0.4 is 5.32 Å². The zero-order chi connectivity index (χ0) is 12.6. The van der Waals surface area contributed by atoms with Crippen LogP contribution in [-0.2, 0) is 0 Å². The Morgan fingerprint density at radius 1 is 1.44 bits per heavy atom. The van der Waals surface area contributed by atoms with E-state index in [0.29, 0.717) is 12.5 Å². The monoisotopic (exact) mass is 245 g/mol. The van der Waals surface area contributed by atoms with Crippen molar-refractivity contribution in [1.82, 2.24) is 5.32 Å². The summed E-state index contributed by atoms with van der Waals surface area (Å²) in [5.41, 5.74) is -0.992. The summed E-state index contributed by atoms with van der Waals surface area (Å²) < 4.78 is 5.45. The molecular weight excluding hydrogens is 226 g/mol. The van der Waals surface area contributed by atoms with E-state index in [4.69, 9.17) is 10.8 Å². The van der Waals surface area contributed by atoms with Crippen LogP contribution in [0.25, 0.3) is 0 Å². The van der Waals surface area contributed by atoms with Crippen molar-refractivity contribution in [2.45, 2.75) is 49.8 Å². The van der Waals surface area contributed by atoms with Crippen molar-refractivity contribution in [3.63, 3.8) is 0 Å². The molecule has 1 aromatic rings. The fourth-order valence-electron chi connectivity index (χ4n) is 3.52. The van der Waals surface area contributed by atoms with Crippen molar-refractivity contribution < 1.29 is 9.52 Å². The number of hydrogen-bond acceptors (Lipinski definition) is 3. The highest BCUT2D eigenvalue weighted by molar-refractivity contribution is 5.20. The van der Waals surface area contributed by atoms with E-state index < -0.39 is 5.60 Å². The predicted octanol–water partition coefficient (Wildman–Crippen LogP) is 2.24. The minimum absolute atomic E-state index is 0.0281. The van der Waals surface area contributed by atoms with Crippen molar-refractivity contribution in [2.75, 3.05) is 0 Å². The third-order valence-corrected chi connectivity index (χ3v) is 4.45. The van der Waals surface area contributed by atoms with Crippen molar-refractivity contribution in [3.8, 4) is 12.3 Å². The lowest BCUT2D eigenvalue weighted by molar-refractivity contribution is -0.0443. The molecule has 1 aliphatic heterocycles. The summed E-state index contributed by atoms with van der Waals surface area (Å²) in [5.74, 6) is 3.70. The van der Waals surface area contributed by atoms with Crippen LogP contribution in [0.3, 0.4) is 0 Å². The van der Waals surface area contributed by atoms with Gasteiger partial charge in [-0.05, 0) is 25.0 Å². The van der Waals surface area contributed by atoms with Crippen LogP contribution in [0.1, 0.15) is 43.9 Å². The molecule has 4 atom stereocenters. The van der Waals surface area contributed by atoms with Gasteiger partial charge in [0.05, 0.1) is 12.3 Å². The van der Waals surface area contributed by atoms with E-state index in [1.807, 2.05) is 12.1 Å². The lowest BCUT2D eigenvalue weighted by Crippen LogP contribution is -2.57. The number of rotatable bonds is 1. The van der Waals surface area contributed by atoms with Crippen molar-refractivity contribution >= 4 is 0 Å². The Kier molecular flexibility index (Phi) is 2.93. The van der Waals surface area contributed by atoms with Gasteiger partial charge in [-0.2, -0.15) is 0 Å². The number of fused-ring (bicyclic) bond motifs is 1. The van der Waals surface area contributed by atoms with E-state index >= 15 is 0 Å². The molecule has 1 saturated carbocycles. The van der Waals surface area contributed by atoms with Crippen LogP contribution >= 0.6 is 0 Å². The molecule has 2 fully saturated rings. The van der Waals surface area contributed by atoms with Crippen LogP contribution in [0.2, 0.25) is 0 Å². The molecule has 96 valence electrons. The molecule has 2 N–H and O–H groups in total. The highest BCUT2D eigenvalue weighted by atomic mass is 16.3. The maximum absolute atomic E-state index is 10.7. The SMILES string of the molecule is C#CC1(O)CC(c2ccco2)NC2CCCCC21. The van der Waals surface area contributed by atoms with E-state index in [1.165, 1.54) is 6.42 Å². The Balaban J connectivity index is 1.88. The maximum atomic E-state index is 10.7. The van der Waals surface area contributed by atoms with Crippen molar-refractivity contribution in [2.24, 2.45) is 5.92 Å². The summed E-state index contributed by atoms with van der Waals surface area (Å²) >= 11 is 0. The van der Waals surface area contributed by atoms with Gasteiger partial charge >= 0.3 is 0 Å². The van der Waals surface area contributed by atoms with Gasteiger partial charge in [-0.3, -0.25) is 0 Å². The second-order valence-electron chi connectivity index (χ2n) is 5.50. The smallest absolute Gasteiger partial charge is 0.131 e. The lowest BCUT2D eigenvalue weighted by atomic mass is 9.68. The Hall–Kier alpha value is -1.24. The van der Waals surface area contributed by atoms with E-state index in [1.54, 1.807) is 6.26 Å². The van der Waals surface area contributed by atoms with Gasteiger partial charge in [0, 0.05) is 18.4 Å². The molecule has 0 spiro atoms. The van der Waals surface area contributed by atoms with Crippen LogP contribution in [0, 0.1) is 18.3 Å². The summed E-state index contributed by atoms with van der Waals surface area (Å²) in [6.07, 6.45) is 12.3. The summed E-state index contributed by atoms with van der Waals surface area (Å²) in [4.78, 5) is 0. The highest BCUT2D eigenvalue weighted by Gasteiger charge is 2.48. The first-order valence-corrected chi connectivity index (χ1v) is 6.72. The molecule has 1 aromatic heterocycles. The molecule has 0 aromatic carbocycles. The Morgan fingerprint density at radius 3 is 3.00 bits per heavy atom. The average Bonchev–Trinajstić information content (AvgIpc) is 2.93. The van der Waals surface area contributed by atoms with Gasteiger partial charge < -0.3 is 14.8 Å². The second kappa shape index (κ2) is 4.46. The summed E-state index contributed by atoms with van der Waals surface area (Å²) in [6.45, 7) is 0. The Labute approximate surface area is 108 Å². The number of nitrogens with one attached hydrogen (secondary N) is 1. The molecular formula is C15H19NO2. The predicted molar refractivity (Wildman–Crippen MR) is 68.7 cm³/mol. The van der Waals surface area contributed by atoms with Crippen LogP contribution in [0.4, 0.5) is 0 Å². The van der Waals surface area contributed by atoms with Gasteiger partial charge in [-0.15, -0.1) is 6.42 Å². The molecule has 0 bridgehead atoms. The molecule has 1 saturated heterocycles. The normalized spacial score (nSPS) is 39.9. The van der Waals surface area contributed by atoms with Gasteiger partial charge in [0.2, 0.25) is 0 Å². The number of furan rings is 1. The van der Waals surface area contributed by atoms with E-state index in [9.17, 15) is 5.11 Å². The van der Waals surface area contributed by atoms with Crippen LogP contribution in [0.5, 0.6) is 0 Å². The molecule has 2 heterocycles. The van der Waals surface area contributed by atoms with Gasteiger partial charge in [0.25, 0.3) is 0 Å². The van der Waals surface area contributed by atoms with E-state index in [2.05, 4.69) is 11.2 Å². The average molecular weight is 245 g/mol. The molecule has 0 amide bonds. The summed E-state index contributed by atoms with van der Waals surface area (Å²) in [6, 6.07) is 4.15. The summed E-state index contributed by atoms with van der Waals surface area (Å²) in [5, 5.41) is 14.3. The Bertz CT molecular complexity index is 448. The largest absolute Gasteiger partial charge is 0.468 e. The first-order valence-electron chi connectivity index (χ1n) is 6.72. The molecule has 3 heteroatoms. The van der Waals surface area contributed by atoms with E-state index in [-0.39, 0.29) is 12.0 Å². The fraction of sp³-hybridized carbons (Fsp3) is 0.600. The number of piperidine rings is 1. The topological polar surface area (TPSA) is 45.4 Å². The summed E-state index contributed by atoms with van der Waals surface area (Å²) in [7, 11) is 0. The van der Waals surface area contributed by atoms with Gasteiger partial charge in [-0.25, -0.2) is 0 Å². The first-order chi connectivity index (χ1) is 8.73. The molecule has 3 nitrogen and oxygen atoms in total. The molecule has 1 aliphatic carbocycles. The molecule has 18 heavy (non-hydrogen) atoms. The maximum Gasteiger partial charge on any atom is 0.131 e. The molecule has 0 radical (unpaired) electrons. The number of hydrogen-bond donors (Lipinski definition) is 2. The van der Waals surface area contributed by atoms with E-state index in [0.717, 1.165) is 25.0 Å². The third kappa shape index (κ3) is 1.86.